The molecule has 3 aromatic rings. The van der Waals surface area contributed by atoms with E-state index in [0.717, 1.165) is 18.2 Å². The summed E-state index contributed by atoms with van der Waals surface area (Å²) in [6, 6.07) is 10.6. The average molecular weight is 384 g/mol. The van der Waals surface area contributed by atoms with Gasteiger partial charge in [-0.3, -0.25) is 9.59 Å². The van der Waals surface area contributed by atoms with E-state index in [9.17, 15) is 32.7 Å². The van der Waals surface area contributed by atoms with Gasteiger partial charge in [-0.25, -0.2) is 4.90 Å². The maximum absolute atomic E-state index is 13.0. The fourth-order valence-electron chi connectivity index (χ4n) is 3.33. The Morgan fingerprint density at radius 1 is 0.893 bits per heavy atom. The van der Waals surface area contributed by atoms with Crippen LogP contribution >= 0.6 is 0 Å². The highest BCUT2D eigenvalue weighted by Gasteiger charge is 2.36. The number of carboxylic acids is 1. The summed E-state index contributed by atoms with van der Waals surface area (Å²) in [7, 11) is 0. The first-order valence-corrected chi connectivity index (χ1v) is 8.03. The normalized spacial score (nSPS) is 13.9. The van der Waals surface area contributed by atoms with E-state index in [2.05, 4.69) is 0 Å². The monoisotopic (exact) mass is 384 g/mol. The van der Waals surface area contributed by atoms with Crippen molar-refractivity contribution in [3.8, 4) is 0 Å². The SMILES string of the molecule is O=C([O-])c1ccc2c3c(cccc13)C(=O)N(c1cccc(C(F)(F)F)c1)C2=O. The number of hydrogen-bond donors (Lipinski definition) is 0. The van der Waals surface area contributed by atoms with E-state index in [1.807, 2.05) is 0 Å². The van der Waals surface area contributed by atoms with Gasteiger partial charge in [0.05, 0.1) is 17.2 Å². The minimum atomic E-state index is -4.64. The zero-order valence-corrected chi connectivity index (χ0v) is 13.9. The van der Waals surface area contributed by atoms with Crippen LogP contribution in [0.15, 0.2) is 54.6 Å². The number of amides is 2. The van der Waals surface area contributed by atoms with Crippen LogP contribution in [-0.4, -0.2) is 17.8 Å². The highest BCUT2D eigenvalue weighted by molar-refractivity contribution is 6.36. The van der Waals surface area contributed by atoms with E-state index in [1.54, 1.807) is 0 Å². The summed E-state index contributed by atoms with van der Waals surface area (Å²) in [5.41, 5.74) is -1.37. The molecule has 0 fully saturated rings. The molecule has 0 aliphatic carbocycles. The van der Waals surface area contributed by atoms with Gasteiger partial charge in [0.25, 0.3) is 11.8 Å². The summed E-state index contributed by atoms with van der Waals surface area (Å²) in [5.74, 6) is -3.14. The molecular weight excluding hydrogens is 375 g/mol. The fourth-order valence-corrected chi connectivity index (χ4v) is 3.33. The van der Waals surface area contributed by atoms with Crippen molar-refractivity contribution in [1.82, 2.24) is 0 Å². The minimum absolute atomic E-state index is 0.0209. The van der Waals surface area contributed by atoms with Gasteiger partial charge in [-0.05, 0) is 35.7 Å². The lowest BCUT2D eigenvalue weighted by Gasteiger charge is -2.28. The number of nitrogens with zero attached hydrogens (tertiary/aromatic N) is 1. The lowest BCUT2D eigenvalue weighted by Crippen LogP contribution is -2.40. The second-order valence-electron chi connectivity index (χ2n) is 6.17. The van der Waals surface area contributed by atoms with Crippen molar-refractivity contribution in [1.29, 1.82) is 0 Å². The molecule has 0 atom stereocenters. The van der Waals surface area contributed by atoms with Crippen molar-refractivity contribution in [2.45, 2.75) is 6.18 Å². The van der Waals surface area contributed by atoms with Crippen LogP contribution in [0, 0.1) is 0 Å². The number of anilines is 1. The van der Waals surface area contributed by atoms with Gasteiger partial charge in [0.15, 0.2) is 0 Å². The molecule has 4 rings (SSSR count). The second-order valence-corrected chi connectivity index (χ2v) is 6.17. The molecule has 0 saturated heterocycles. The third-order valence-electron chi connectivity index (χ3n) is 4.56. The Bertz CT molecular complexity index is 1160. The van der Waals surface area contributed by atoms with Gasteiger partial charge >= 0.3 is 6.18 Å². The Balaban J connectivity index is 1.94. The van der Waals surface area contributed by atoms with Crippen molar-refractivity contribution in [2.75, 3.05) is 4.90 Å². The molecule has 0 unspecified atom stereocenters. The standard InChI is InChI=1S/C20H10F3NO4/c21-20(22,23)10-3-1-4-11(9-10)24-17(25)14-6-2-5-12-13(19(27)28)7-8-15(16(12)14)18(24)26/h1-9H,(H,27,28)/p-1. The molecule has 3 aromatic carbocycles. The molecule has 2 amide bonds. The van der Waals surface area contributed by atoms with Crippen LogP contribution in [0.25, 0.3) is 10.8 Å². The minimum Gasteiger partial charge on any atom is -0.545 e. The molecule has 0 spiro atoms. The predicted octanol–water partition coefficient (Wildman–Crippen LogP) is 3.02. The van der Waals surface area contributed by atoms with Crippen molar-refractivity contribution in [2.24, 2.45) is 0 Å². The zero-order chi connectivity index (χ0) is 20.2. The van der Waals surface area contributed by atoms with E-state index in [4.69, 9.17) is 0 Å². The summed E-state index contributed by atoms with van der Waals surface area (Å²) >= 11 is 0. The molecule has 0 radical (unpaired) electrons. The number of benzene rings is 3. The topological polar surface area (TPSA) is 77.5 Å². The van der Waals surface area contributed by atoms with E-state index < -0.39 is 29.5 Å². The van der Waals surface area contributed by atoms with Crippen LogP contribution in [-0.2, 0) is 6.18 Å². The van der Waals surface area contributed by atoms with Crippen molar-refractivity contribution >= 4 is 34.2 Å². The van der Waals surface area contributed by atoms with Crippen LogP contribution in [0.3, 0.4) is 0 Å². The maximum atomic E-state index is 13.0. The summed E-state index contributed by atoms with van der Waals surface area (Å²) in [6.45, 7) is 0. The molecular formula is C20H9F3NO4-. The average Bonchev–Trinajstić information content (AvgIpc) is 2.65. The van der Waals surface area contributed by atoms with Crippen molar-refractivity contribution in [3.63, 3.8) is 0 Å². The van der Waals surface area contributed by atoms with Gasteiger partial charge in [-0.2, -0.15) is 13.2 Å². The lowest BCUT2D eigenvalue weighted by molar-refractivity contribution is -0.254. The number of hydrogen-bond acceptors (Lipinski definition) is 4. The van der Waals surface area contributed by atoms with Gasteiger partial charge in [0.1, 0.15) is 0 Å². The van der Waals surface area contributed by atoms with E-state index in [1.165, 1.54) is 36.4 Å². The molecule has 0 aromatic heterocycles. The van der Waals surface area contributed by atoms with Gasteiger partial charge in [-0.15, -0.1) is 0 Å². The van der Waals surface area contributed by atoms with E-state index >= 15 is 0 Å². The first-order chi connectivity index (χ1) is 13.2. The largest absolute Gasteiger partial charge is 0.545 e. The molecule has 1 heterocycles. The third kappa shape index (κ3) is 2.53. The second kappa shape index (κ2) is 5.91. The number of imide groups is 1. The van der Waals surface area contributed by atoms with Crippen molar-refractivity contribution < 1.29 is 32.7 Å². The van der Waals surface area contributed by atoms with Crippen LogP contribution in [0.2, 0.25) is 0 Å². The van der Waals surface area contributed by atoms with Crippen LogP contribution in [0.5, 0.6) is 0 Å². The summed E-state index contributed by atoms with van der Waals surface area (Å²) in [6.07, 6.45) is -4.64. The fraction of sp³-hybridized carbons (Fsp3) is 0.0500. The molecule has 28 heavy (non-hydrogen) atoms. The van der Waals surface area contributed by atoms with Gasteiger partial charge in [-0.1, -0.05) is 24.3 Å². The smallest absolute Gasteiger partial charge is 0.416 e. The first-order valence-electron chi connectivity index (χ1n) is 8.03. The molecule has 0 saturated carbocycles. The third-order valence-corrected chi connectivity index (χ3v) is 4.56. The summed E-state index contributed by atoms with van der Waals surface area (Å²) in [5, 5.41) is 11.6. The van der Waals surface area contributed by atoms with Crippen LogP contribution < -0.4 is 10.0 Å². The first kappa shape index (κ1) is 17.7. The van der Waals surface area contributed by atoms with Gasteiger partial charge < -0.3 is 9.90 Å². The number of carboxylic acid groups (broad SMARTS) is 1. The molecule has 1 aliphatic rings. The predicted molar refractivity (Wildman–Crippen MR) is 90.9 cm³/mol. The summed E-state index contributed by atoms with van der Waals surface area (Å²) < 4.78 is 39.1. The summed E-state index contributed by atoms with van der Waals surface area (Å²) in [4.78, 5) is 37.8. The Labute approximate surface area is 155 Å². The zero-order valence-electron chi connectivity index (χ0n) is 13.9. The Morgan fingerprint density at radius 3 is 2.18 bits per heavy atom. The van der Waals surface area contributed by atoms with Crippen molar-refractivity contribution in [3.05, 3.63) is 76.9 Å². The number of carbonyl (C=O) groups excluding carboxylic acids is 3. The number of alkyl halides is 3. The molecule has 8 heteroatoms. The molecule has 0 bridgehead atoms. The Kier molecular flexibility index (Phi) is 3.74. The lowest BCUT2D eigenvalue weighted by atomic mass is 9.91. The molecule has 5 nitrogen and oxygen atoms in total. The van der Waals surface area contributed by atoms with Gasteiger partial charge in [0.2, 0.25) is 0 Å². The van der Waals surface area contributed by atoms with Gasteiger partial charge in [0, 0.05) is 22.1 Å². The number of aromatic carboxylic acids is 1. The highest BCUT2D eigenvalue weighted by Crippen LogP contribution is 2.36. The van der Waals surface area contributed by atoms with E-state index in [-0.39, 0.29) is 33.2 Å². The molecule has 140 valence electrons. The van der Waals surface area contributed by atoms with E-state index in [0.29, 0.717) is 4.90 Å². The molecule has 1 aliphatic heterocycles. The number of carbonyl (C=O) groups is 3. The Morgan fingerprint density at radius 2 is 1.54 bits per heavy atom. The quantitative estimate of drug-likeness (QED) is 0.637. The molecule has 0 N–H and O–H groups in total. The maximum Gasteiger partial charge on any atom is 0.416 e. The van der Waals surface area contributed by atoms with Crippen LogP contribution in [0.1, 0.15) is 36.6 Å². The number of halogens is 3. The number of rotatable bonds is 2. The van der Waals surface area contributed by atoms with Crippen LogP contribution in [0.4, 0.5) is 18.9 Å². The highest BCUT2D eigenvalue weighted by atomic mass is 19.4. The Hall–Kier alpha value is -3.68.